The Morgan fingerprint density at radius 1 is 1.33 bits per heavy atom. The van der Waals surface area contributed by atoms with Crippen molar-refractivity contribution in [2.75, 3.05) is 18.4 Å². The van der Waals surface area contributed by atoms with Gasteiger partial charge in [0.05, 0.1) is 5.56 Å². The molecular weight excluding hydrogens is 224 g/mol. The van der Waals surface area contributed by atoms with Gasteiger partial charge in [0.25, 0.3) is 5.91 Å². The smallest absolute Gasteiger partial charge is 0.256 e. The van der Waals surface area contributed by atoms with Crippen molar-refractivity contribution in [2.24, 2.45) is 0 Å². The first-order valence-corrected chi connectivity index (χ1v) is 6.66. The van der Waals surface area contributed by atoms with Crippen LogP contribution in [-0.2, 0) is 0 Å². The third-order valence-corrected chi connectivity index (χ3v) is 3.00. The third kappa shape index (κ3) is 3.25. The fourth-order valence-electron chi connectivity index (χ4n) is 2.08. The topological polar surface area (TPSA) is 32.3 Å². The minimum absolute atomic E-state index is 0.104. The lowest BCUT2D eigenvalue weighted by Crippen LogP contribution is -2.37. The number of hydrogen-bond acceptors (Lipinski definition) is 2. The summed E-state index contributed by atoms with van der Waals surface area (Å²) in [7, 11) is 0. The standard InChI is InChI=1S/C15H24N2O/c1-6-16-14-9-8-12(5)10-13(14)15(18)17(7-2)11(3)4/h8-11,16H,6-7H2,1-5H3. The van der Waals surface area contributed by atoms with Crippen LogP contribution in [0.5, 0.6) is 0 Å². The molecule has 0 aliphatic heterocycles. The lowest BCUT2D eigenvalue weighted by atomic mass is 10.1. The van der Waals surface area contributed by atoms with Crippen molar-refractivity contribution >= 4 is 11.6 Å². The van der Waals surface area contributed by atoms with Gasteiger partial charge < -0.3 is 10.2 Å². The van der Waals surface area contributed by atoms with Gasteiger partial charge in [-0.15, -0.1) is 0 Å². The zero-order chi connectivity index (χ0) is 13.7. The molecule has 0 fully saturated rings. The first kappa shape index (κ1) is 14.6. The monoisotopic (exact) mass is 248 g/mol. The van der Waals surface area contributed by atoms with Crippen LogP contribution >= 0.6 is 0 Å². The summed E-state index contributed by atoms with van der Waals surface area (Å²) in [5, 5.41) is 3.25. The lowest BCUT2D eigenvalue weighted by molar-refractivity contribution is 0.0718. The van der Waals surface area contributed by atoms with Gasteiger partial charge in [-0.3, -0.25) is 4.79 Å². The molecule has 100 valence electrons. The number of anilines is 1. The first-order chi connectivity index (χ1) is 8.51. The van der Waals surface area contributed by atoms with Crippen LogP contribution in [0.2, 0.25) is 0 Å². The van der Waals surface area contributed by atoms with E-state index in [1.54, 1.807) is 0 Å². The fraction of sp³-hybridized carbons (Fsp3) is 0.533. The summed E-state index contributed by atoms with van der Waals surface area (Å²) in [5.41, 5.74) is 2.81. The van der Waals surface area contributed by atoms with Crippen molar-refractivity contribution in [3.63, 3.8) is 0 Å². The Kier molecular flexibility index (Phi) is 5.20. The average Bonchev–Trinajstić information content (AvgIpc) is 2.32. The molecule has 3 heteroatoms. The maximum atomic E-state index is 12.6. The van der Waals surface area contributed by atoms with Crippen LogP contribution in [0.1, 0.15) is 43.6 Å². The van der Waals surface area contributed by atoms with Crippen LogP contribution in [-0.4, -0.2) is 29.9 Å². The Morgan fingerprint density at radius 3 is 2.50 bits per heavy atom. The predicted molar refractivity (Wildman–Crippen MR) is 77.2 cm³/mol. The maximum Gasteiger partial charge on any atom is 0.256 e. The molecule has 0 atom stereocenters. The number of rotatable bonds is 5. The summed E-state index contributed by atoms with van der Waals surface area (Å²) >= 11 is 0. The van der Waals surface area contributed by atoms with Gasteiger partial charge in [0.2, 0.25) is 0 Å². The summed E-state index contributed by atoms with van der Waals surface area (Å²) < 4.78 is 0. The molecule has 1 rings (SSSR count). The van der Waals surface area contributed by atoms with E-state index >= 15 is 0 Å². The molecule has 0 aliphatic carbocycles. The molecule has 0 bridgehead atoms. The number of carbonyl (C=O) groups is 1. The molecule has 0 aromatic heterocycles. The highest BCUT2D eigenvalue weighted by molar-refractivity contribution is 6.00. The molecule has 0 saturated heterocycles. The van der Waals surface area contributed by atoms with Gasteiger partial charge in [-0.25, -0.2) is 0 Å². The molecule has 0 unspecified atom stereocenters. The third-order valence-electron chi connectivity index (χ3n) is 3.00. The molecular formula is C15H24N2O. The molecule has 0 saturated carbocycles. The Bertz CT molecular complexity index is 413. The first-order valence-electron chi connectivity index (χ1n) is 6.66. The van der Waals surface area contributed by atoms with Crippen molar-refractivity contribution in [1.82, 2.24) is 4.90 Å². The molecule has 3 nitrogen and oxygen atoms in total. The summed E-state index contributed by atoms with van der Waals surface area (Å²) in [6.45, 7) is 11.7. The van der Waals surface area contributed by atoms with Crippen LogP contribution in [0.15, 0.2) is 18.2 Å². The number of aryl methyl sites for hydroxylation is 1. The van der Waals surface area contributed by atoms with E-state index in [1.807, 2.05) is 57.7 Å². The van der Waals surface area contributed by atoms with Crippen LogP contribution < -0.4 is 5.32 Å². The Balaban J connectivity index is 3.13. The van der Waals surface area contributed by atoms with E-state index in [4.69, 9.17) is 0 Å². The van der Waals surface area contributed by atoms with Crippen LogP contribution in [0, 0.1) is 6.92 Å². The second-order valence-electron chi connectivity index (χ2n) is 4.76. The minimum atomic E-state index is 0.104. The van der Waals surface area contributed by atoms with Crippen molar-refractivity contribution < 1.29 is 4.79 Å². The van der Waals surface area contributed by atoms with E-state index in [0.29, 0.717) is 0 Å². The SMILES string of the molecule is CCNc1ccc(C)cc1C(=O)N(CC)C(C)C. The van der Waals surface area contributed by atoms with E-state index in [9.17, 15) is 4.79 Å². The second-order valence-corrected chi connectivity index (χ2v) is 4.76. The average molecular weight is 248 g/mol. The van der Waals surface area contributed by atoms with Crippen LogP contribution in [0.4, 0.5) is 5.69 Å². The molecule has 0 heterocycles. The fourth-order valence-corrected chi connectivity index (χ4v) is 2.08. The number of benzene rings is 1. The van der Waals surface area contributed by atoms with Gasteiger partial charge in [0.1, 0.15) is 0 Å². The van der Waals surface area contributed by atoms with Crippen LogP contribution in [0.25, 0.3) is 0 Å². The van der Waals surface area contributed by atoms with E-state index in [1.165, 1.54) is 0 Å². The highest BCUT2D eigenvalue weighted by atomic mass is 16.2. The lowest BCUT2D eigenvalue weighted by Gasteiger charge is -2.26. The van der Waals surface area contributed by atoms with E-state index < -0.39 is 0 Å². The van der Waals surface area contributed by atoms with Gasteiger partial charge in [-0.2, -0.15) is 0 Å². The summed E-state index contributed by atoms with van der Waals surface area (Å²) in [6, 6.07) is 6.20. The minimum Gasteiger partial charge on any atom is -0.385 e. The zero-order valence-corrected chi connectivity index (χ0v) is 12.1. The largest absolute Gasteiger partial charge is 0.385 e. The summed E-state index contributed by atoms with van der Waals surface area (Å²) in [4.78, 5) is 14.4. The van der Waals surface area contributed by atoms with E-state index in [-0.39, 0.29) is 11.9 Å². The van der Waals surface area contributed by atoms with Gasteiger partial charge >= 0.3 is 0 Å². The van der Waals surface area contributed by atoms with Crippen LogP contribution in [0.3, 0.4) is 0 Å². The Morgan fingerprint density at radius 2 is 2.00 bits per heavy atom. The number of nitrogens with one attached hydrogen (secondary N) is 1. The van der Waals surface area contributed by atoms with Gasteiger partial charge in [-0.1, -0.05) is 11.6 Å². The maximum absolute atomic E-state index is 12.6. The van der Waals surface area contributed by atoms with Crippen molar-refractivity contribution in [3.05, 3.63) is 29.3 Å². The van der Waals surface area contributed by atoms with E-state index in [0.717, 1.165) is 29.9 Å². The summed E-state index contributed by atoms with van der Waals surface area (Å²) in [6.07, 6.45) is 0. The normalized spacial score (nSPS) is 10.6. The number of carbonyl (C=O) groups excluding carboxylic acids is 1. The number of hydrogen-bond donors (Lipinski definition) is 1. The molecule has 0 aliphatic rings. The van der Waals surface area contributed by atoms with Gasteiger partial charge in [0.15, 0.2) is 0 Å². The van der Waals surface area contributed by atoms with E-state index in [2.05, 4.69) is 5.32 Å². The molecule has 1 N–H and O–H groups in total. The molecule has 1 aromatic rings. The number of amides is 1. The molecule has 18 heavy (non-hydrogen) atoms. The predicted octanol–water partition coefficient (Wildman–Crippen LogP) is 3.30. The molecule has 0 radical (unpaired) electrons. The van der Waals surface area contributed by atoms with Gasteiger partial charge in [-0.05, 0) is 46.8 Å². The van der Waals surface area contributed by atoms with Crippen molar-refractivity contribution in [2.45, 2.75) is 40.7 Å². The van der Waals surface area contributed by atoms with Crippen molar-refractivity contribution in [3.8, 4) is 0 Å². The second kappa shape index (κ2) is 6.43. The Hall–Kier alpha value is -1.51. The summed E-state index contributed by atoms with van der Waals surface area (Å²) in [5.74, 6) is 0.104. The zero-order valence-electron chi connectivity index (χ0n) is 12.1. The molecule has 1 amide bonds. The molecule has 1 aromatic carbocycles. The van der Waals surface area contributed by atoms with Gasteiger partial charge in [0, 0.05) is 24.8 Å². The van der Waals surface area contributed by atoms with Crippen molar-refractivity contribution in [1.29, 1.82) is 0 Å². The quantitative estimate of drug-likeness (QED) is 0.867. The highest BCUT2D eigenvalue weighted by Gasteiger charge is 2.19. The number of nitrogens with zero attached hydrogens (tertiary/aromatic N) is 1. The highest BCUT2D eigenvalue weighted by Crippen LogP contribution is 2.20. The molecule has 0 spiro atoms. The Labute approximate surface area is 110 Å².